The van der Waals surface area contributed by atoms with Crippen molar-refractivity contribution in [1.82, 2.24) is 15.1 Å². The van der Waals surface area contributed by atoms with Gasteiger partial charge in [0.15, 0.2) is 0 Å². The molecule has 0 saturated carbocycles. The summed E-state index contributed by atoms with van der Waals surface area (Å²) in [6.07, 6.45) is 0. The summed E-state index contributed by atoms with van der Waals surface area (Å²) in [7, 11) is 1.74. The summed E-state index contributed by atoms with van der Waals surface area (Å²) >= 11 is 1.01. The Morgan fingerprint density at radius 3 is 2.76 bits per heavy atom. The maximum absolute atomic E-state index is 12.0. The van der Waals surface area contributed by atoms with Gasteiger partial charge in [0.2, 0.25) is 0 Å². The average molecular weight is 338 g/mol. The zero-order valence-electron chi connectivity index (χ0n) is 11.2. The lowest BCUT2D eigenvalue weighted by Gasteiger charge is -2.06. The Bertz CT molecular complexity index is 677. The number of thiophene rings is 1. The van der Waals surface area contributed by atoms with Crippen LogP contribution in [0.2, 0.25) is 0 Å². The van der Waals surface area contributed by atoms with Crippen molar-refractivity contribution in [3.63, 3.8) is 0 Å². The first kappa shape index (κ1) is 16.0. The Kier molecular flexibility index (Phi) is 4.38. The van der Waals surface area contributed by atoms with Crippen molar-refractivity contribution in [3.05, 3.63) is 10.6 Å². The zero-order chi connectivity index (χ0) is 15.8. The van der Waals surface area contributed by atoms with Gasteiger partial charge in [0.25, 0.3) is 5.91 Å². The van der Waals surface area contributed by atoms with Crippen LogP contribution in [0.5, 0.6) is 0 Å². The number of nitrogens with zero attached hydrogens (tertiary/aromatic N) is 2. The van der Waals surface area contributed by atoms with Crippen LogP contribution in [0.15, 0.2) is 0 Å². The van der Waals surface area contributed by atoms with E-state index in [1.807, 2.05) is 0 Å². The molecule has 10 heteroatoms. The van der Waals surface area contributed by atoms with Crippen LogP contribution in [0.25, 0.3) is 10.2 Å². The average Bonchev–Trinajstić information content (AvgIpc) is 2.84. The second-order valence-electron chi connectivity index (χ2n) is 4.28. The van der Waals surface area contributed by atoms with E-state index in [0.29, 0.717) is 16.3 Å². The van der Waals surface area contributed by atoms with Gasteiger partial charge in [-0.25, -0.2) is 0 Å². The van der Waals surface area contributed by atoms with Gasteiger partial charge in [0.05, 0.1) is 16.8 Å². The summed E-state index contributed by atoms with van der Waals surface area (Å²) in [4.78, 5) is 13.0. The van der Waals surface area contributed by atoms with Crippen molar-refractivity contribution >= 4 is 44.9 Å². The first-order valence-corrected chi connectivity index (χ1v) is 7.71. The number of thioether (sulfide) groups is 1. The molecule has 0 aliphatic heterocycles. The van der Waals surface area contributed by atoms with Crippen LogP contribution in [-0.4, -0.2) is 33.5 Å². The minimum atomic E-state index is -4.29. The van der Waals surface area contributed by atoms with Crippen LogP contribution in [0.3, 0.4) is 0 Å². The zero-order valence-corrected chi connectivity index (χ0v) is 12.9. The number of hydrogen-bond donors (Lipinski definition) is 2. The Hall–Kier alpha value is -1.42. The molecule has 0 aliphatic carbocycles. The fourth-order valence-corrected chi connectivity index (χ4v) is 3.45. The number of carbonyl (C=O) groups is 1. The number of carbonyl (C=O) groups excluding carboxylic acids is 1. The Labute approximate surface area is 126 Å². The highest BCUT2D eigenvalue weighted by Gasteiger charge is 2.27. The number of nitrogens with two attached hydrogens (primary N) is 1. The third-order valence-corrected chi connectivity index (χ3v) is 4.75. The molecule has 2 rings (SSSR count). The highest BCUT2D eigenvalue weighted by molar-refractivity contribution is 8.00. The maximum Gasteiger partial charge on any atom is 0.441 e. The van der Waals surface area contributed by atoms with E-state index in [1.54, 1.807) is 18.7 Å². The van der Waals surface area contributed by atoms with Crippen LogP contribution in [-0.2, 0) is 7.05 Å². The number of halogens is 3. The fourth-order valence-electron chi connectivity index (χ4n) is 1.91. The standard InChI is InChI=1S/C11H13F3N4OS2/c1-5-6-7(15)8(21-10(6)18(2)17-5)9(19)16-3-4-20-11(12,13)14/h3-4,15H2,1-2H3,(H,16,19). The van der Waals surface area contributed by atoms with Gasteiger partial charge in [0, 0.05) is 19.3 Å². The number of nitrogen functional groups attached to an aromatic ring is 1. The number of rotatable bonds is 4. The molecule has 0 aliphatic rings. The van der Waals surface area contributed by atoms with Gasteiger partial charge < -0.3 is 11.1 Å². The molecule has 5 nitrogen and oxygen atoms in total. The molecular formula is C11H13F3N4OS2. The first-order valence-electron chi connectivity index (χ1n) is 5.91. The molecular weight excluding hydrogens is 325 g/mol. The number of amides is 1. The third-order valence-electron chi connectivity index (χ3n) is 2.74. The van der Waals surface area contributed by atoms with E-state index < -0.39 is 11.4 Å². The summed E-state index contributed by atoms with van der Waals surface area (Å²) in [5.74, 6) is -0.698. The van der Waals surface area contributed by atoms with Crippen LogP contribution in [0, 0.1) is 6.92 Å². The van der Waals surface area contributed by atoms with Crippen LogP contribution < -0.4 is 11.1 Å². The van der Waals surface area contributed by atoms with Crippen LogP contribution in [0.1, 0.15) is 15.4 Å². The van der Waals surface area contributed by atoms with Crippen molar-refractivity contribution in [2.45, 2.75) is 12.4 Å². The molecule has 0 fully saturated rings. The molecule has 0 unspecified atom stereocenters. The topological polar surface area (TPSA) is 72.9 Å². The fraction of sp³-hybridized carbons (Fsp3) is 0.455. The molecule has 0 saturated heterocycles. The van der Waals surface area contributed by atoms with Crippen molar-refractivity contribution in [2.24, 2.45) is 7.05 Å². The highest BCUT2D eigenvalue weighted by atomic mass is 32.2. The van der Waals surface area contributed by atoms with Gasteiger partial charge in [-0.05, 0) is 18.7 Å². The summed E-state index contributed by atoms with van der Waals surface area (Å²) in [6, 6.07) is 0. The molecule has 0 radical (unpaired) electrons. The maximum atomic E-state index is 12.0. The van der Waals surface area contributed by atoms with E-state index in [0.717, 1.165) is 10.2 Å². The predicted octanol–water partition coefficient (Wildman–Crippen LogP) is 2.51. The predicted molar refractivity (Wildman–Crippen MR) is 78.6 cm³/mol. The highest BCUT2D eigenvalue weighted by Crippen LogP contribution is 2.35. The molecule has 0 bridgehead atoms. The molecule has 3 N–H and O–H groups in total. The van der Waals surface area contributed by atoms with Crippen LogP contribution >= 0.6 is 23.1 Å². The smallest absolute Gasteiger partial charge is 0.397 e. The number of aromatic nitrogens is 2. The lowest BCUT2D eigenvalue weighted by molar-refractivity contribution is -0.0327. The van der Waals surface area contributed by atoms with Gasteiger partial charge >= 0.3 is 5.51 Å². The molecule has 2 aromatic rings. The summed E-state index contributed by atoms with van der Waals surface area (Å²) < 4.78 is 37.6. The summed E-state index contributed by atoms with van der Waals surface area (Å²) in [5.41, 5.74) is 2.69. The summed E-state index contributed by atoms with van der Waals surface area (Å²) in [6.45, 7) is 1.71. The molecule has 2 heterocycles. The van der Waals surface area contributed by atoms with Crippen molar-refractivity contribution in [1.29, 1.82) is 0 Å². The van der Waals surface area contributed by atoms with Crippen molar-refractivity contribution in [3.8, 4) is 0 Å². The second kappa shape index (κ2) is 5.76. The third kappa shape index (κ3) is 3.43. The minimum absolute atomic E-state index is 0.0755. The molecule has 21 heavy (non-hydrogen) atoms. The molecule has 116 valence electrons. The van der Waals surface area contributed by atoms with E-state index >= 15 is 0 Å². The molecule has 0 atom stereocenters. The second-order valence-corrected chi connectivity index (χ2v) is 6.44. The lowest BCUT2D eigenvalue weighted by atomic mass is 10.2. The number of aryl methyl sites for hydroxylation is 2. The van der Waals surface area contributed by atoms with Crippen LogP contribution in [0.4, 0.5) is 18.9 Å². The van der Waals surface area contributed by atoms with E-state index in [1.165, 1.54) is 11.3 Å². The number of hydrogen-bond acceptors (Lipinski definition) is 5. The molecule has 1 amide bonds. The first-order chi connectivity index (χ1) is 9.70. The normalized spacial score (nSPS) is 12.0. The largest absolute Gasteiger partial charge is 0.441 e. The van der Waals surface area contributed by atoms with Gasteiger partial charge in [0.1, 0.15) is 9.71 Å². The van der Waals surface area contributed by atoms with Crippen molar-refractivity contribution < 1.29 is 18.0 Å². The Balaban J connectivity index is 2.06. The van der Waals surface area contributed by atoms with E-state index in [9.17, 15) is 18.0 Å². The van der Waals surface area contributed by atoms with Gasteiger partial charge in [-0.15, -0.1) is 11.3 Å². The summed E-state index contributed by atoms with van der Waals surface area (Å²) in [5, 5.41) is 7.36. The van der Waals surface area contributed by atoms with Crippen molar-refractivity contribution in [2.75, 3.05) is 18.0 Å². The number of nitrogens with one attached hydrogen (secondary N) is 1. The molecule has 2 aromatic heterocycles. The van der Waals surface area contributed by atoms with Gasteiger partial charge in [-0.2, -0.15) is 18.3 Å². The number of anilines is 1. The van der Waals surface area contributed by atoms with E-state index in [-0.39, 0.29) is 24.1 Å². The van der Waals surface area contributed by atoms with Gasteiger partial charge in [-0.3, -0.25) is 9.48 Å². The van der Waals surface area contributed by atoms with E-state index in [4.69, 9.17) is 5.73 Å². The Morgan fingerprint density at radius 1 is 1.52 bits per heavy atom. The lowest BCUT2D eigenvalue weighted by Crippen LogP contribution is -2.26. The molecule has 0 aromatic carbocycles. The quantitative estimate of drug-likeness (QED) is 0.840. The van der Waals surface area contributed by atoms with E-state index in [2.05, 4.69) is 10.4 Å². The number of fused-ring (bicyclic) bond motifs is 1. The Morgan fingerprint density at radius 2 is 2.19 bits per heavy atom. The molecule has 0 spiro atoms. The SMILES string of the molecule is Cc1nn(C)c2sc(C(=O)NCCSC(F)(F)F)c(N)c12. The minimum Gasteiger partial charge on any atom is -0.397 e. The monoisotopic (exact) mass is 338 g/mol. The number of alkyl halides is 3. The van der Waals surface area contributed by atoms with Gasteiger partial charge in [-0.1, -0.05) is 0 Å².